The average molecular weight is 463 g/mol. The molecule has 5 nitrogen and oxygen atoms in total. The van der Waals surface area contributed by atoms with E-state index >= 15 is 0 Å². The van der Waals surface area contributed by atoms with E-state index in [9.17, 15) is 22.8 Å². The first-order valence-electron chi connectivity index (χ1n) is 9.96. The van der Waals surface area contributed by atoms with Gasteiger partial charge in [-0.25, -0.2) is 0 Å². The van der Waals surface area contributed by atoms with Crippen molar-refractivity contribution >= 4 is 20.3 Å². The van der Waals surface area contributed by atoms with E-state index in [4.69, 9.17) is 13.9 Å². The summed E-state index contributed by atoms with van der Waals surface area (Å²) in [7, 11) is -1.43. The van der Waals surface area contributed by atoms with E-state index in [1.54, 1.807) is 20.8 Å². The highest BCUT2D eigenvalue weighted by atomic mass is 28.4. The van der Waals surface area contributed by atoms with Gasteiger partial charge in [-0.1, -0.05) is 32.9 Å². The lowest BCUT2D eigenvalue weighted by Crippen LogP contribution is -2.46. The van der Waals surface area contributed by atoms with E-state index in [1.165, 1.54) is 12.1 Å². The maximum Gasteiger partial charge on any atom is 0.416 e. The van der Waals surface area contributed by atoms with Crippen molar-refractivity contribution in [1.29, 1.82) is 0 Å². The molecule has 176 valence electrons. The maximum absolute atomic E-state index is 13.0. The lowest BCUT2D eigenvalue weighted by molar-refractivity contribution is -0.173. The molecular formula is C22H33F3O5Si. The maximum atomic E-state index is 13.0. The number of methoxy groups -OCH3 is 1. The van der Waals surface area contributed by atoms with E-state index in [0.717, 1.165) is 19.2 Å². The Balaban J connectivity index is 3.57. The van der Waals surface area contributed by atoms with Crippen molar-refractivity contribution in [3.63, 3.8) is 0 Å². The highest BCUT2D eigenvalue weighted by Gasteiger charge is 2.47. The van der Waals surface area contributed by atoms with Crippen molar-refractivity contribution < 1.29 is 36.7 Å². The third-order valence-corrected chi connectivity index (χ3v) is 9.67. The zero-order valence-electron chi connectivity index (χ0n) is 19.6. The standard InChI is InChI=1S/C22H33F3O5Si/c1-20(2,3)29-19(27)16(18(26)28-7)17(30-31(8,9)21(4,5)6)14-10-12-15(13-11-14)22(23,24)25/h10-13,16-17H,1-9H3. The minimum Gasteiger partial charge on any atom is -0.468 e. The molecule has 0 amide bonds. The molecule has 0 spiro atoms. The number of carbonyl (C=O) groups excluding carboxylic acids is 2. The molecule has 1 rings (SSSR count). The van der Waals surface area contributed by atoms with Gasteiger partial charge in [0.05, 0.1) is 18.8 Å². The summed E-state index contributed by atoms with van der Waals surface area (Å²) in [5.41, 5.74) is -1.46. The average Bonchev–Trinajstić information content (AvgIpc) is 2.57. The summed E-state index contributed by atoms with van der Waals surface area (Å²) >= 11 is 0. The van der Waals surface area contributed by atoms with Gasteiger partial charge in [0.2, 0.25) is 0 Å². The first-order chi connectivity index (χ1) is 13.8. The third kappa shape index (κ3) is 7.35. The van der Waals surface area contributed by atoms with Crippen LogP contribution < -0.4 is 0 Å². The number of rotatable bonds is 6. The second-order valence-electron chi connectivity index (χ2n) is 9.95. The molecular weight excluding hydrogens is 429 g/mol. The van der Waals surface area contributed by atoms with E-state index in [-0.39, 0.29) is 10.6 Å². The summed E-state index contributed by atoms with van der Waals surface area (Å²) in [4.78, 5) is 25.6. The molecule has 0 bridgehead atoms. The molecule has 1 aromatic rings. The second kappa shape index (κ2) is 9.32. The van der Waals surface area contributed by atoms with Crippen molar-refractivity contribution in [1.82, 2.24) is 0 Å². The van der Waals surface area contributed by atoms with Gasteiger partial charge >= 0.3 is 18.1 Å². The van der Waals surface area contributed by atoms with Crippen LogP contribution in [0.25, 0.3) is 0 Å². The molecule has 9 heteroatoms. The molecule has 2 atom stereocenters. The van der Waals surface area contributed by atoms with Gasteiger partial charge in [0.15, 0.2) is 14.2 Å². The van der Waals surface area contributed by atoms with Gasteiger partial charge in [0, 0.05) is 0 Å². The van der Waals surface area contributed by atoms with Crippen LogP contribution in [0.2, 0.25) is 18.1 Å². The van der Waals surface area contributed by atoms with Gasteiger partial charge in [0.1, 0.15) is 5.60 Å². The predicted molar refractivity (Wildman–Crippen MR) is 114 cm³/mol. The van der Waals surface area contributed by atoms with E-state index in [1.807, 2.05) is 33.9 Å². The van der Waals surface area contributed by atoms with Crippen molar-refractivity contribution in [2.75, 3.05) is 7.11 Å². The number of ether oxygens (including phenoxy) is 2. The molecule has 0 aromatic heterocycles. The Bertz CT molecular complexity index is 774. The van der Waals surface area contributed by atoms with Gasteiger partial charge < -0.3 is 13.9 Å². The quantitative estimate of drug-likeness (QED) is 0.299. The molecule has 0 N–H and O–H groups in total. The molecule has 0 heterocycles. The molecule has 0 fully saturated rings. The van der Waals surface area contributed by atoms with Gasteiger partial charge in [-0.2, -0.15) is 13.2 Å². The van der Waals surface area contributed by atoms with Crippen molar-refractivity contribution in [2.24, 2.45) is 5.92 Å². The van der Waals surface area contributed by atoms with Gasteiger partial charge in [-0.3, -0.25) is 9.59 Å². The number of esters is 2. The topological polar surface area (TPSA) is 61.8 Å². The van der Waals surface area contributed by atoms with Crippen LogP contribution in [0.3, 0.4) is 0 Å². The fraction of sp³-hybridized carbons (Fsp3) is 0.636. The summed E-state index contributed by atoms with van der Waals surface area (Å²) < 4.78 is 55.7. The largest absolute Gasteiger partial charge is 0.468 e. The van der Waals surface area contributed by atoms with Crippen molar-refractivity contribution in [3.8, 4) is 0 Å². The fourth-order valence-corrected chi connectivity index (χ4v) is 3.78. The number of hydrogen-bond donors (Lipinski definition) is 0. The minimum atomic E-state index is -4.51. The van der Waals surface area contributed by atoms with E-state index < -0.39 is 49.6 Å². The lowest BCUT2D eigenvalue weighted by Gasteiger charge is -2.41. The van der Waals surface area contributed by atoms with Crippen LogP contribution in [0.1, 0.15) is 58.8 Å². The molecule has 0 aliphatic heterocycles. The van der Waals surface area contributed by atoms with Crippen LogP contribution in [-0.2, 0) is 29.7 Å². The van der Waals surface area contributed by atoms with Crippen molar-refractivity contribution in [2.45, 2.75) is 77.6 Å². The molecule has 0 saturated heterocycles. The molecule has 31 heavy (non-hydrogen) atoms. The molecule has 0 saturated carbocycles. The summed E-state index contributed by atoms with van der Waals surface area (Å²) in [6.45, 7) is 14.7. The Morgan fingerprint density at radius 3 is 1.74 bits per heavy atom. The van der Waals surface area contributed by atoms with Crippen LogP contribution in [0, 0.1) is 5.92 Å². The second-order valence-corrected chi connectivity index (χ2v) is 14.7. The van der Waals surface area contributed by atoms with Gasteiger partial charge in [-0.15, -0.1) is 0 Å². The highest BCUT2D eigenvalue weighted by molar-refractivity contribution is 6.74. The number of alkyl halides is 3. The molecule has 0 aliphatic rings. The molecule has 1 aromatic carbocycles. The highest BCUT2D eigenvalue weighted by Crippen LogP contribution is 2.43. The van der Waals surface area contributed by atoms with E-state index in [0.29, 0.717) is 0 Å². The Morgan fingerprint density at radius 1 is 0.903 bits per heavy atom. The predicted octanol–water partition coefficient (Wildman–Crippen LogP) is 5.90. The lowest BCUT2D eigenvalue weighted by atomic mass is 9.94. The fourth-order valence-electron chi connectivity index (χ4n) is 2.52. The van der Waals surface area contributed by atoms with Gasteiger partial charge in [0.25, 0.3) is 0 Å². The first-order valence-corrected chi connectivity index (χ1v) is 12.9. The normalized spacial score (nSPS) is 15.2. The minimum absolute atomic E-state index is 0.263. The zero-order valence-corrected chi connectivity index (χ0v) is 20.6. The summed E-state index contributed by atoms with van der Waals surface area (Å²) in [6, 6.07) is 4.25. The van der Waals surface area contributed by atoms with Gasteiger partial charge in [-0.05, 0) is 56.6 Å². The van der Waals surface area contributed by atoms with Crippen LogP contribution >= 0.6 is 0 Å². The van der Waals surface area contributed by atoms with E-state index in [2.05, 4.69) is 0 Å². The summed E-state index contributed by atoms with van der Waals surface area (Å²) in [5.74, 6) is -3.23. The smallest absolute Gasteiger partial charge is 0.416 e. The Kier molecular flexibility index (Phi) is 8.17. The van der Waals surface area contributed by atoms with Crippen LogP contribution in [-0.4, -0.2) is 33.0 Å². The Labute approximate surface area is 183 Å². The first kappa shape index (κ1) is 27.2. The summed E-state index contributed by atoms with van der Waals surface area (Å²) in [6.07, 6.45) is -5.67. The summed E-state index contributed by atoms with van der Waals surface area (Å²) in [5, 5.41) is -0.286. The van der Waals surface area contributed by atoms with Crippen LogP contribution in [0.5, 0.6) is 0 Å². The number of benzene rings is 1. The third-order valence-electron chi connectivity index (χ3n) is 5.21. The molecule has 0 aliphatic carbocycles. The van der Waals surface area contributed by atoms with Crippen molar-refractivity contribution in [3.05, 3.63) is 35.4 Å². The SMILES string of the molecule is COC(=O)C(C(=O)OC(C)(C)C)C(O[Si](C)(C)C(C)(C)C)c1ccc(C(F)(F)F)cc1. The van der Waals surface area contributed by atoms with Crippen LogP contribution in [0.15, 0.2) is 24.3 Å². The van der Waals surface area contributed by atoms with Crippen LogP contribution in [0.4, 0.5) is 13.2 Å². The molecule has 0 radical (unpaired) electrons. The number of halogens is 3. The monoisotopic (exact) mass is 462 g/mol. The Hall–Kier alpha value is -1.87. The Morgan fingerprint density at radius 2 is 1.39 bits per heavy atom. The molecule has 2 unspecified atom stereocenters. The number of hydrogen-bond acceptors (Lipinski definition) is 5. The number of carbonyl (C=O) groups is 2. The zero-order chi connectivity index (χ0) is 24.4.